The average Bonchev–Trinajstić information content (AvgIpc) is 2.83. The van der Waals surface area contributed by atoms with Gasteiger partial charge in [0.15, 0.2) is 6.61 Å². The normalized spacial score (nSPS) is 10.5. The standard InChI is InChI=1S/C24H21ClN4O4/c25-20-13-18(11-12-21(20)33-16-22(30)28-19-9-5-2-6-10-19)15-27-29-24(32)23(31)26-14-17-7-3-1-4-8-17/h1-13,15H,14,16H2,(H,26,31)(H,28,30)(H,29,32)/b27-15-. The third-order valence-electron chi connectivity index (χ3n) is 4.25. The first kappa shape index (κ1) is 23.5. The third-order valence-corrected chi connectivity index (χ3v) is 4.55. The Kier molecular flexibility index (Phi) is 8.55. The maximum absolute atomic E-state index is 12.0. The van der Waals surface area contributed by atoms with Crippen LogP contribution < -0.4 is 20.8 Å². The lowest BCUT2D eigenvalue weighted by Gasteiger charge is -2.09. The third kappa shape index (κ3) is 7.79. The molecule has 0 bridgehead atoms. The van der Waals surface area contributed by atoms with Gasteiger partial charge in [0.25, 0.3) is 5.91 Å². The quantitative estimate of drug-likeness (QED) is 0.270. The first-order valence-electron chi connectivity index (χ1n) is 9.93. The molecule has 3 N–H and O–H groups in total. The fourth-order valence-electron chi connectivity index (χ4n) is 2.65. The molecular formula is C24H21ClN4O4. The minimum Gasteiger partial charge on any atom is -0.482 e. The molecule has 0 heterocycles. The van der Waals surface area contributed by atoms with Crippen molar-refractivity contribution in [2.24, 2.45) is 5.10 Å². The van der Waals surface area contributed by atoms with Gasteiger partial charge in [0, 0.05) is 12.2 Å². The van der Waals surface area contributed by atoms with Crippen LogP contribution in [0.15, 0.2) is 84.0 Å². The number of amides is 3. The summed E-state index contributed by atoms with van der Waals surface area (Å²) in [5.74, 6) is -1.69. The first-order valence-corrected chi connectivity index (χ1v) is 10.3. The van der Waals surface area contributed by atoms with Crippen molar-refractivity contribution in [3.63, 3.8) is 0 Å². The van der Waals surface area contributed by atoms with Crippen LogP contribution in [-0.2, 0) is 20.9 Å². The molecule has 0 aliphatic rings. The zero-order chi connectivity index (χ0) is 23.5. The Labute approximate surface area is 195 Å². The molecule has 0 unspecified atom stereocenters. The van der Waals surface area contributed by atoms with Crippen molar-refractivity contribution in [2.45, 2.75) is 6.54 Å². The summed E-state index contributed by atoms with van der Waals surface area (Å²) in [5, 5.41) is 9.24. The number of para-hydroxylation sites is 1. The van der Waals surface area contributed by atoms with Gasteiger partial charge in [-0.25, -0.2) is 5.43 Å². The summed E-state index contributed by atoms with van der Waals surface area (Å²) in [6.45, 7) is 0.0213. The summed E-state index contributed by atoms with van der Waals surface area (Å²) < 4.78 is 5.45. The van der Waals surface area contributed by atoms with Crippen molar-refractivity contribution in [1.29, 1.82) is 0 Å². The highest BCUT2D eigenvalue weighted by molar-refractivity contribution is 6.35. The number of hydrazone groups is 1. The van der Waals surface area contributed by atoms with Crippen LogP contribution in [0.25, 0.3) is 0 Å². The molecule has 0 spiro atoms. The number of ether oxygens (including phenoxy) is 1. The summed E-state index contributed by atoms with van der Waals surface area (Å²) >= 11 is 6.19. The fraction of sp³-hybridized carbons (Fsp3) is 0.0833. The first-order chi connectivity index (χ1) is 16.0. The lowest BCUT2D eigenvalue weighted by molar-refractivity contribution is -0.139. The fourth-order valence-corrected chi connectivity index (χ4v) is 2.89. The van der Waals surface area contributed by atoms with Crippen LogP contribution in [0, 0.1) is 0 Å². The van der Waals surface area contributed by atoms with Crippen LogP contribution in [0.3, 0.4) is 0 Å². The second-order valence-electron chi connectivity index (χ2n) is 6.76. The molecule has 168 valence electrons. The maximum Gasteiger partial charge on any atom is 0.329 e. The molecule has 0 saturated heterocycles. The SMILES string of the molecule is O=C(COc1ccc(/C=N\NC(=O)C(=O)NCc2ccccc2)cc1Cl)Nc1ccccc1. The molecule has 9 heteroatoms. The predicted molar refractivity (Wildman–Crippen MR) is 126 cm³/mol. The van der Waals surface area contributed by atoms with Gasteiger partial charge in [0.05, 0.1) is 11.2 Å². The van der Waals surface area contributed by atoms with E-state index in [0.29, 0.717) is 17.0 Å². The van der Waals surface area contributed by atoms with Gasteiger partial charge in [0.2, 0.25) is 0 Å². The van der Waals surface area contributed by atoms with Crippen LogP contribution in [0.2, 0.25) is 5.02 Å². The molecule has 0 aliphatic heterocycles. The Morgan fingerprint density at radius 2 is 1.61 bits per heavy atom. The largest absolute Gasteiger partial charge is 0.482 e. The average molecular weight is 465 g/mol. The molecule has 0 radical (unpaired) electrons. The van der Waals surface area contributed by atoms with Crippen LogP contribution in [-0.4, -0.2) is 30.5 Å². The predicted octanol–water partition coefficient (Wildman–Crippen LogP) is 3.12. The Bertz CT molecular complexity index is 1140. The van der Waals surface area contributed by atoms with Gasteiger partial charge in [0.1, 0.15) is 5.75 Å². The number of hydrogen-bond acceptors (Lipinski definition) is 5. The minimum absolute atomic E-state index is 0.212. The molecule has 3 aromatic carbocycles. The van der Waals surface area contributed by atoms with Crippen molar-refractivity contribution in [3.8, 4) is 5.75 Å². The smallest absolute Gasteiger partial charge is 0.329 e. The number of halogens is 1. The van der Waals surface area contributed by atoms with Crippen molar-refractivity contribution in [3.05, 3.63) is 95.0 Å². The van der Waals surface area contributed by atoms with E-state index in [2.05, 4.69) is 21.2 Å². The number of nitrogens with zero attached hydrogens (tertiary/aromatic N) is 1. The number of nitrogens with one attached hydrogen (secondary N) is 3. The van der Waals surface area contributed by atoms with Crippen molar-refractivity contribution >= 4 is 41.2 Å². The number of anilines is 1. The van der Waals surface area contributed by atoms with E-state index in [-0.39, 0.29) is 24.1 Å². The number of carbonyl (C=O) groups is 3. The molecule has 3 aromatic rings. The van der Waals surface area contributed by atoms with Gasteiger partial charge in [-0.2, -0.15) is 5.10 Å². The molecule has 8 nitrogen and oxygen atoms in total. The molecule has 0 aromatic heterocycles. The lowest BCUT2D eigenvalue weighted by Crippen LogP contribution is -2.37. The number of benzene rings is 3. The summed E-state index contributed by atoms with van der Waals surface area (Å²) in [6.07, 6.45) is 1.33. The van der Waals surface area contributed by atoms with Gasteiger partial charge in [-0.05, 0) is 41.5 Å². The van der Waals surface area contributed by atoms with Gasteiger partial charge < -0.3 is 15.4 Å². The highest BCUT2D eigenvalue weighted by atomic mass is 35.5. The Morgan fingerprint density at radius 1 is 0.909 bits per heavy atom. The van der Waals surface area contributed by atoms with E-state index in [9.17, 15) is 14.4 Å². The van der Waals surface area contributed by atoms with Crippen LogP contribution in [0.1, 0.15) is 11.1 Å². The van der Waals surface area contributed by atoms with E-state index in [1.54, 1.807) is 30.3 Å². The van der Waals surface area contributed by atoms with E-state index in [1.807, 2.05) is 48.5 Å². The zero-order valence-corrected chi connectivity index (χ0v) is 18.2. The topological polar surface area (TPSA) is 109 Å². The molecular weight excluding hydrogens is 444 g/mol. The maximum atomic E-state index is 12.0. The van der Waals surface area contributed by atoms with Gasteiger partial charge in [-0.15, -0.1) is 0 Å². The highest BCUT2D eigenvalue weighted by Crippen LogP contribution is 2.25. The van der Waals surface area contributed by atoms with E-state index in [0.717, 1.165) is 5.56 Å². The van der Waals surface area contributed by atoms with Gasteiger partial charge in [-0.1, -0.05) is 60.1 Å². The van der Waals surface area contributed by atoms with Crippen molar-refractivity contribution < 1.29 is 19.1 Å². The molecule has 33 heavy (non-hydrogen) atoms. The molecule has 3 amide bonds. The molecule has 0 atom stereocenters. The molecule has 0 saturated carbocycles. The summed E-state index contributed by atoms with van der Waals surface area (Å²) in [7, 11) is 0. The van der Waals surface area contributed by atoms with Gasteiger partial charge in [-0.3, -0.25) is 14.4 Å². The minimum atomic E-state index is -0.891. The van der Waals surface area contributed by atoms with Gasteiger partial charge >= 0.3 is 11.8 Å². The Balaban J connectivity index is 1.44. The Hall–Kier alpha value is -4.17. The van der Waals surface area contributed by atoms with E-state index < -0.39 is 11.8 Å². The molecule has 0 fully saturated rings. The summed E-state index contributed by atoms with van der Waals surface area (Å²) in [5.41, 5.74) is 4.26. The van der Waals surface area contributed by atoms with Crippen LogP contribution in [0.4, 0.5) is 5.69 Å². The van der Waals surface area contributed by atoms with Crippen LogP contribution in [0.5, 0.6) is 5.75 Å². The summed E-state index contributed by atoms with van der Waals surface area (Å²) in [4.78, 5) is 35.6. The second-order valence-corrected chi connectivity index (χ2v) is 7.17. The summed E-state index contributed by atoms with van der Waals surface area (Å²) in [6, 6.07) is 23.0. The molecule has 0 aliphatic carbocycles. The lowest BCUT2D eigenvalue weighted by atomic mass is 10.2. The Morgan fingerprint density at radius 3 is 2.30 bits per heavy atom. The van der Waals surface area contributed by atoms with Crippen molar-refractivity contribution in [2.75, 3.05) is 11.9 Å². The van der Waals surface area contributed by atoms with E-state index in [1.165, 1.54) is 6.21 Å². The zero-order valence-electron chi connectivity index (χ0n) is 17.5. The number of hydrogen-bond donors (Lipinski definition) is 3. The van der Waals surface area contributed by atoms with E-state index in [4.69, 9.17) is 16.3 Å². The van der Waals surface area contributed by atoms with Crippen LogP contribution >= 0.6 is 11.6 Å². The van der Waals surface area contributed by atoms with E-state index >= 15 is 0 Å². The highest BCUT2D eigenvalue weighted by Gasteiger charge is 2.12. The monoisotopic (exact) mass is 464 g/mol. The molecule has 3 rings (SSSR count). The number of carbonyl (C=O) groups excluding carboxylic acids is 3. The number of rotatable bonds is 8. The van der Waals surface area contributed by atoms with Crippen molar-refractivity contribution in [1.82, 2.24) is 10.7 Å². The second kappa shape index (κ2) is 12.0.